The number of nitrogens with zero attached hydrogens (tertiary/aromatic N) is 1. The van der Waals surface area contributed by atoms with Crippen molar-refractivity contribution in [2.24, 2.45) is 5.92 Å². The number of likely N-dealkylation sites (tertiary alicyclic amines) is 1. The normalized spacial score (nSPS) is 21.7. The molecule has 0 unspecified atom stereocenters. The van der Waals surface area contributed by atoms with Crippen LogP contribution in [0.15, 0.2) is 24.3 Å². The van der Waals surface area contributed by atoms with E-state index in [0.29, 0.717) is 0 Å². The van der Waals surface area contributed by atoms with E-state index in [4.69, 9.17) is 0 Å². The van der Waals surface area contributed by atoms with Gasteiger partial charge in [0.15, 0.2) is 0 Å². The van der Waals surface area contributed by atoms with Gasteiger partial charge in [-0.15, -0.1) is 0 Å². The minimum absolute atomic E-state index is 0.881. The summed E-state index contributed by atoms with van der Waals surface area (Å²) in [5.41, 5.74) is 3.04. The van der Waals surface area contributed by atoms with Gasteiger partial charge in [-0.1, -0.05) is 24.3 Å². The molecule has 1 aromatic carbocycles. The highest BCUT2D eigenvalue weighted by molar-refractivity contribution is 5.28. The highest BCUT2D eigenvalue weighted by atomic mass is 15.1. The lowest BCUT2D eigenvalue weighted by Gasteiger charge is -2.31. The van der Waals surface area contributed by atoms with Crippen LogP contribution in [0.2, 0.25) is 0 Å². The van der Waals surface area contributed by atoms with Crippen LogP contribution in [0, 0.1) is 5.92 Å². The topological polar surface area (TPSA) is 15.3 Å². The van der Waals surface area contributed by atoms with Gasteiger partial charge in [-0.2, -0.15) is 0 Å². The quantitative estimate of drug-likeness (QED) is 0.873. The van der Waals surface area contributed by atoms with Crippen LogP contribution in [-0.2, 0) is 6.54 Å². The maximum atomic E-state index is 3.31. The molecular weight excluding hydrogens is 232 g/mol. The second kappa shape index (κ2) is 6.06. The zero-order chi connectivity index (χ0) is 13.1. The molecule has 0 bridgehead atoms. The first-order valence-corrected chi connectivity index (χ1v) is 7.81. The Labute approximate surface area is 117 Å². The molecule has 1 saturated carbocycles. The maximum Gasteiger partial charge on any atom is 0.0233 e. The Morgan fingerprint density at radius 3 is 2.32 bits per heavy atom. The van der Waals surface area contributed by atoms with Gasteiger partial charge < -0.3 is 5.32 Å². The van der Waals surface area contributed by atoms with Gasteiger partial charge in [-0.05, 0) is 75.3 Å². The SMILES string of the molecule is CNCC1CCN(Cc2ccc(C3CC3)cc2)CC1. The van der Waals surface area contributed by atoms with Crippen molar-refractivity contribution in [2.45, 2.75) is 38.1 Å². The second-order valence-corrected chi connectivity index (χ2v) is 6.29. The average molecular weight is 258 g/mol. The van der Waals surface area contributed by atoms with Crippen molar-refractivity contribution in [3.8, 4) is 0 Å². The summed E-state index contributed by atoms with van der Waals surface area (Å²) in [6.45, 7) is 4.84. The van der Waals surface area contributed by atoms with Crippen molar-refractivity contribution in [3.05, 3.63) is 35.4 Å². The van der Waals surface area contributed by atoms with E-state index in [9.17, 15) is 0 Å². The number of nitrogens with one attached hydrogen (secondary N) is 1. The first-order valence-electron chi connectivity index (χ1n) is 7.81. The Morgan fingerprint density at radius 2 is 1.74 bits per heavy atom. The summed E-state index contributed by atoms with van der Waals surface area (Å²) < 4.78 is 0. The van der Waals surface area contributed by atoms with Crippen LogP contribution in [-0.4, -0.2) is 31.6 Å². The highest BCUT2D eigenvalue weighted by Gasteiger charge is 2.23. The van der Waals surface area contributed by atoms with Crippen LogP contribution in [0.25, 0.3) is 0 Å². The summed E-state index contributed by atoms with van der Waals surface area (Å²) in [5, 5.41) is 3.31. The van der Waals surface area contributed by atoms with Gasteiger partial charge in [-0.3, -0.25) is 4.90 Å². The Balaban J connectivity index is 1.48. The van der Waals surface area contributed by atoms with Crippen LogP contribution in [0.1, 0.15) is 42.7 Å². The lowest BCUT2D eigenvalue weighted by atomic mass is 9.96. The molecule has 0 aromatic heterocycles. The lowest BCUT2D eigenvalue weighted by molar-refractivity contribution is 0.177. The van der Waals surface area contributed by atoms with Crippen molar-refractivity contribution in [1.82, 2.24) is 10.2 Å². The van der Waals surface area contributed by atoms with E-state index in [2.05, 4.69) is 41.5 Å². The monoisotopic (exact) mass is 258 g/mol. The van der Waals surface area contributed by atoms with Crippen LogP contribution in [0.3, 0.4) is 0 Å². The largest absolute Gasteiger partial charge is 0.319 e. The predicted octanol–water partition coefficient (Wildman–Crippen LogP) is 3.00. The average Bonchev–Trinajstić information content (AvgIpc) is 3.27. The third-order valence-corrected chi connectivity index (χ3v) is 4.63. The third-order valence-electron chi connectivity index (χ3n) is 4.63. The third kappa shape index (κ3) is 3.58. The molecule has 2 nitrogen and oxygen atoms in total. The fraction of sp³-hybridized carbons (Fsp3) is 0.647. The zero-order valence-corrected chi connectivity index (χ0v) is 12.1. The van der Waals surface area contributed by atoms with Crippen molar-refractivity contribution in [2.75, 3.05) is 26.7 Å². The number of benzene rings is 1. The van der Waals surface area contributed by atoms with E-state index < -0.39 is 0 Å². The number of hydrogen-bond acceptors (Lipinski definition) is 2. The van der Waals surface area contributed by atoms with Crippen molar-refractivity contribution >= 4 is 0 Å². The maximum absolute atomic E-state index is 3.31. The van der Waals surface area contributed by atoms with Gasteiger partial charge in [0, 0.05) is 6.54 Å². The minimum Gasteiger partial charge on any atom is -0.319 e. The molecule has 1 heterocycles. The first-order chi connectivity index (χ1) is 9.35. The van der Waals surface area contributed by atoms with Crippen LogP contribution in [0.4, 0.5) is 0 Å². The standard InChI is InChI=1S/C17H26N2/c1-18-12-14-8-10-19(11-9-14)13-15-2-4-16(5-3-15)17-6-7-17/h2-5,14,17-18H,6-13H2,1H3. The molecule has 104 valence electrons. The zero-order valence-electron chi connectivity index (χ0n) is 12.1. The molecule has 1 N–H and O–H groups in total. The van der Waals surface area contributed by atoms with Gasteiger partial charge >= 0.3 is 0 Å². The number of hydrogen-bond donors (Lipinski definition) is 1. The lowest BCUT2D eigenvalue weighted by Crippen LogP contribution is -2.36. The molecule has 2 aliphatic rings. The summed E-state index contributed by atoms with van der Waals surface area (Å²) >= 11 is 0. The molecule has 1 aliphatic heterocycles. The van der Waals surface area contributed by atoms with Crippen LogP contribution >= 0.6 is 0 Å². The summed E-state index contributed by atoms with van der Waals surface area (Å²) in [6.07, 6.45) is 5.50. The molecular formula is C17H26N2. The molecule has 0 radical (unpaired) electrons. The van der Waals surface area contributed by atoms with E-state index >= 15 is 0 Å². The molecule has 0 atom stereocenters. The minimum atomic E-state index is 0.881. The van der Waals surface area contributed by atoms with Gasteiger partial charge in [0.25, 0.3) is 0 Å². The molecule has 2 heteroatoms. The molecule has 3 rings (SSSR count). The molecule has 1 aromatic rings. The van der Waals surface area contributed by atoms with E-state index in [0.717, 1.165) is 18.4 Å². The Hall–Kier alpha value is -0.860. The van der Waals surface area contributed by atoms with Crippen LogP contribution < -0.4 is 5.32 Å². The second-order valence-electron chi connectivity index (χ2n) is 6.29. The van der Waals surface area contributed by atoms with Gasteiger partial charge in [0.05, 0.1) is 0 Å². The van der Waals surface area contributed by atoms with E-state index in [1.165, 1.54) is 50.9 Å². The smallest absolute Gasteiger partial charge is 0.0233 e. The number of piperidine rings is 1. The molecule has 19 heavy (non-hydrogen) atoms. The fourth-order valence-electron chi connectivity index (χ4n) is 3.21. The fourth-order valence-corrected chi connectivity index (χ4v) is 3.21. The first kappa shape index (κ1) is 13.1. The summed E-state index contributed by atoms with van der Waals surface area (Å²) in [7, 11) is 2.06. The molecule has 1 saturated heterocycles. The molecule has 0 spiro atoms. The Morgan fingerprint density at radius 1 is 1.05 bits per heavy atom. The summed E-state index contributed by atoms with van der Waals surface area (Å²) in [5.74, 6) is 1.77. The predicted molar refractivity (Wildman–Crippen MR) is 80.3 cm³/mol. The van der Waals surface area contributed by atoms with Crippen molar-refractivity contribution in [3.63, 3.8) is 0 Å². The Bertz CT molecular complexity index is 386. The summed E-state index contributed by atoms with van der Waals surface area (Å²) in [4.78, 5) is 2.61. The summed E-state index contributed by atoms with van der Waals surface area (Å²) in [6, 6.07) is 9.38. The van der Waals surface area contributed by atoms with Crippen molar-refractivity contribution < 1.29 is 0 Å². The molecule has 0 amide bonds. The van der Waals surface area contributed by atoms with E-state index in [1.807, 2.05) is 0 Å². The Kier molecular flexibility index (Phi) is 4.19. The van der Waals surface area contributed by atoms with E-state index in [-0.39, 0.29) is 0 Å². The molecule has 1 aliphatic carbocycles. The van der Waals surface area contributed by atoms with Gasteiger partial charge in [0.1, 0.15) is 0 Å². The van der Waals surface area contributed by atoms with Crippen LogP contribution in [0.5, 0.6) is 0 Å². The van der Waals surface area contributed by atoms with E-state index in [1.54, 1.807) is 5.56 Å². The van der Waals surface area contributed by atoms with Gasteiger partial charge in [-0.25, -0.2) is 0 Å². The highest BCUT2D eigenvalue weighted by Crippen LogP contribution is 2.39. The number of rotatable bonds is 5. The molecule has 2 fully saturated rings. The van der Waals surface area contributed by atoms with Gasteiger partial charge in [0.2, 0.25) is 0 Å². The van der Waals surface area contributed by atoms with Crippen molar-refractivity contribution in [1.29, 1.82) is 0 Å².